The lowest BCUT2D eigenvalue weighted by atomic mass is 10.1. The molecule has 41 heavy (non-hydrogen) atoms. The first-order valence-electron chi connectivity index (χ1n) is 14.1. The molecule has 3 aromatic rings. The molecule has 3 aromatic carbocycles. The molecule has 1 saturated carbocycles. The molecule has 0 spiro atoms. The summed E-state index contributed by atoms with van der Waals surface area (Å²) >= 11 is 0. The number of ether oxygens (including phenoxy) is 1. The molecule has 218 valence electrons. The Morgan fingerprint density at radius 3 is 2.20 bits per heavy atom. The third kappa shape index (κ3) is 7.67. The van der Waals surface area contributed by atoms with Crippen LogP contribution in [0.4, 0.5) is 5.69 Å². The van der Waals surface area contributed by atoms with E-state index in [0.717, 1.165) is 41.1 Å². The monoisotopic (exact) mass is 577 g/mol. The topological polar surface area (TPSA) is 96.0 Å². The lowest BCUT2D eigenvalue weighted by Crippen LogP contribution is -2.52. The van der Waals surface area contributed by atoms with Gasteiger partial charge in [0.05, 0.1) is 17.2 Å². The van der Waals surface area contributed by atoms with Crippen molar-refractivity contribution in [1.82, 2.24) is 10.2 Å². The van der Waals surface area contributed by atoms with E-state index in [9.17, 15) is 18.0 Å². The van der Waals surface area contributed by atoms with Gasteiger partial charge in [0.1, 0.15) is 18.3 Å². The fraction of sp³-hybridized carbons (Fsp3) is 0.375. The fourth-order valence-corrected chi connectivity index (χ4v) is 6.41. The van der Waals surface area contributed by atoms with E-state index in [1.165, 1.54) is 17.0 Å². The van der Waals surface area contributed by atoms with Crippen molar-refractivity contribution in [1.29, 1.82) is 0 Å². The highest BCUT2D eigenvalue weighted by atomic mass is 32.2. The van der Waals surface area contributed by atoms with Crippen molar-refractivity contribution in [2.24, 2.45) is 0 Å². The summed E-state index contributed by atoms with van der Waals surface area (Å²) in [5.74, 6) is -0.156. The number of amides is 2. The molecule has 8 nitrogen and oxygen atoms in total. The summed E-state index contributed by atoms with van der Waals surface area (Å²) in [6, 6.07) is 21.8. The quantitative estimate of drug-likeness (QED) is 0.325. The molecule has 1 atom stereocenters. The van der Waals surface area contributed by atoms with Gasteiger partial charge in [0.2, 0.25) is 11.8 Å². The molecule has 1 fully saturated rings. The number of anilines is 1. The van der Waals surface area contributed by atoms with Gasteiger partial charge in [-0.15, -0.1) is 0 Å². The summed E-state index contributed by atoms with van der Waals surface area (Å²) in [6.45, 7) is 5.62. The lowest BCUT2D eigenvalue weighted by Gasteiger charge is -2.32. The molecule has 2 amide bonds. The smallest absolute Gasteiger partial charge is 0.264 e. The second kappa shape index (κ2) is 13.7. The molecule has 0 aromatic heterocycles. The maximum Gasteiger partial charge on any atom is 0.264 e. The van der Waals surface area contributed by atoms with Gasteiger partial charge < -0.3 is 15.0 Å². The van der Waals surface area contributed by atoms with Gasteiger partial charge in [-0.1, -0.05) is 60.9 Å². The molecule has 0 bridgehead atoms. The summed E-state index contributed by atoms with van der Waals surface area (Å²) < 4.78 is 34.5. The Labute approximate surface area is 243 Å². The minimum Gasteiger partial charge on any atom is -0.494 e. The van der Waals surface area contributed by atoms with E-state index in [4.69, 9.17) is 4.74 Å². The Morgan fingerprint density at radius 2 is 1.59 bits per heavy atom. The van der Waals surface area contributed by atoms with Crippen LogP contribution in [-0.2, 0) is 26.2 Å². The summed E-state index contributed by atoms with van der Waals surface area (Å²) in [4.78, 5) is 28.8. The van der Waals surface area contributed by atoms with Crippen molar-refractivity contribution in [2.45, 2.75) is 70.0 Å². The highest BCUT2D eigenvalue weighted by Gasteiger charge is 2.33. The molecule has 1 aliphatic carbocycles. The molecule has 9 heteroatoms. The van der Waals surface area contributed by atoms with Crippen molar-refractivity contribution in [2.75, 3.05) is 17.5 Å². The fourth-order valence-electron chi connectivity index (χ4n) is 5.00. The first kappa shape index (κ1) is 30.1. The number of rotatable bonds is 12. The van der Waals surface area contributed by atoms with Crippen LogP contribution in [-0.4, -0.2) is 50.4 Å². The molecule has 0 unspecified atom stereocenters. The van der Waals surface area contributed by atoms with Crippen LogP contribution >= 0.6 is 0 Å². The van der Waals surface area contributed by atoms with Gasteiger partial charge in [-0.05, 0) is 75.6 Å². The van der Waals surface area contributed by atoms with Crippen LogP contribution in [0.3, 0.4) is 0 Å². The Morgan fingerprint density at radius 1 is 0.951 bits per heavy atom. The van der Waals surface area contributed by atoms with Crippen molar-refractivity contribution in [3.63, 3.8) is 0 Å². The summed E-state index contributed by atoms with van der Waals surface area (Å²) in [5, 5.41) is 3.09. The highest BCUT2D eigenvalue weighted by molar-refractivity contribution is 7.92. The normalized spacial score (nSPS) is 14.3. The molecule has 0 aliphatic heterocycles. The van der Waals surface area contributed by atoms with Crippen LogP contribution in [0, 0.1) is 6.92 Å². The second-order valence-electron chi connectivity index (χ2n) is 10.4. The van der Waals surface area contributed by atoms with E-state index in [-0.39, 0.29) is 23.4 Å². The van der Waals surface area contributed by atoms with Gasteiger partial charge >= 0.3 is 0 Å². The van der Waals surface area contributed by atoms with Gasteiger partial charge in [-0.2, -0.15) is 0 Å². The van der Waals surface area contributed by atoms with Crippen LogP contribution in [0.15, 0.2) is 83.8 Å². The molecule has 1 aliphatic rings. The number of nitrogens with one attached hydrogen (secondary N) is 1. The maximum absolute atomic E-state index is 14.0. The molecule has 0 heterocycles. The standard InChI is InChI=1S/C32H39N3O5S/c1-4-40-29-18-20-30(21-19-29)41(38,39)35(28-16-14-24(2)15-17-28)23-31(36)34(22-26-10-6-5-7-11-26)25(3)32(37)33-27-12-8-9-13-27/h5-7,10-11,14-21,25,27H,4,8-9,12-13,22-23H2,1-3H3,(H,33,37)/t25-/m0/s1. The van der Waals surface area contributed by atoms with E-state index >= 15 is 0 Å². The second-order valence-corrected chi connectivity index (χ2v) is 12.3. The zero-order valence-corrected chi connectivity index (χ0v) is 24.8. The van der Waals surface area contributed by atoms with Gasteiger partial charge in [0.25, 0.3) is 10.0 Å². The van der Waals surface area contributed by atoms with Crippen LogP contribution in [0.25, 0.3) is 0 Å². The summed E-state index contributed by atoms with van der Waals surface area (Å²) in [7, 11) is -4.13. The van der Waals surface area contributed by atoms with Gasteiger partial charge in [-0.3, -0.25) is 13.9 Å². The third-order valence-corrected chi connectivity index (χ3v) is 9.18. The predicted octanol–water partition coefficient (Wildman–Crippen LogP) is 5.07. The van der Waals surface area contributed by atoms with E-state index in [1.807, 2.05) is 44.2 Å². The number of benzene rings is 3. The number of hydrogen-bond acceptors (Lipinski definition) is 5. The van der Waals surface area contributed by atoms with Gasteiger partial charge in [0, 0.05) is 12.6 Å². The Bertz CT molecular complexity index is 1400. The van der Waals surface area contributed by atoms with E-state index in [0.29, 0.717) is 18.0 Å². The molecular weight excluding hydrogens is 538 g/mol. The van der Waals surface area contributed by atoms with Crippen molar-refractivity contribution < 1.29 is 22.7 Å². The van der Waals surface area contributed by atoms with Crippen molar-refractivity contribution >= 4 is 27.5 Å². The number of hydrogen-bond donors (Lipinski definition) is 1. The van der Waals surface area contributed by atoms with Crippen LogP contribution in [0.2, 0.25) is 0 Å². The third-order valence-electron chi connectivity index (χ3n) is 7.39. The molecule has 4 rings (SSSR count). The van der Waals surface area contributed by atoms with Crippen LogP contribution in [0.5, 0.6) is 5.75 Å². The molecule has 1 N–H and O–H groups in total. The highest BCUT2D eigenvalue weighted by Crippen LogP contribution is 2.26. The molecule has 0 saturated heterocycles. The van der Waals surface area contributed by atoms with Crippen LogP contribution in [0.1, 0.15) is 50.7 Å². The van der Waals surface area contributed by atoms with Gasteiger partial charge in [-0.25, -0.2) is 8.42 Å². The Balaban J connectivity index is 1.66. The molecule has 0 radical (unpaired) electrons. The number of sulfonamides is 1. The largest absolute Gasteiger partial charge is 0.494 e. The van der Waals surface area contributed by atoms with Crippen LogP contribution < -0.4 is 14.4 Å². The predicted molar refractivity (Wildman–Crippen MR) is 160 cm³/mol. The summed E-state index contributed by atoms with van der Waals surface area (Å²) in [5.41, 5.74) is 2.17. The van der Waals surface area contributed by atoms with E-state index in [2.05, 4.69) is 5.32 Å². The average molecular weight is 578 g/mol. The zero-order chi connectivity index (χ0) is 29.4. The molecular formula is C32H39N3O5S. The number of carbonyl (C=O) groups excluding carboxylic acids is 2. The average Bonchev–Trinajstić information content (AvgIpc) is 3.49. The maximum atomic E-state index is 14.0. The first-order valence-corrected chi connectivity index (χ1v) is 15.6. The minimum atomic E-state index is -4.13. The Kier molecular flexibility index (Phi) is 10.0. The zero-order valence-electron chi connectivity index (χ0n) is 24.0. The minimum absolute atomic E-state index is 0.0379. The SMILES string of the molecule is CCOc1ccc(S(=O)(=O)N(CC(=O)N(Cc2ccccc2)[C@@H](C)C(=O)NC2CCCC2)c2ccc(C)cc2)cc1. The first-order chi connectivity index (χ1) is 19.7. The van der Waals surface area contributed by atoms with Crippen molar-refractivity contribution in [3.8, 4) is 5.75 Å². The van der Waals surface area contributed by atoms with Gasteiger partial charge in [0.15, 0.2) is 0 Å². The number of carbonyl (C=O) groups is 2. The number of aryl methyl sites for hydroxylation is 1. The van der Waals surface area contributed by atoms with E-state index < -0.39 is 28.5 Å². The van der Waals surface area contributed by atoms with Crippen molar-refractivity contribution in [3.05, 3.63) is 90.0 Å². The summed E-state index contributed by atoms with van der Waals surface area (Å²) in [6.07, 6.45) is 3.99. The van der Waals surface area contributed by atoms with E-state index in [1.54, 1.807) is 43.3 Å². The Hall–Kier alpha value is -3.85. The number of nitrogens with zero attached hydrogens (tertiary/aromatic N) is 2. The lowest BCUT2D eigenvalue weighted by molar-refractivity contribution is -0.139.